The van der Waals surface area contributed by atoms with Gasteiger partial charge in [-0.05, 0) is 24.6 Å². The van der Waals surface area contributed by atoms with E-state index in [0.29, 0.717) is 23.2 Å². The molecule has 5 nitrogen and oxygen atoms in total. The van der Waals surface area contributed by atoms with Crippen LogP contribution in [0.5, 0.6) is 5.75 Å². The first-order valence-corrected chi connectivity index (χ1v) is 9.08. The van der Waals surface area contributed by atoms with Gasteiger partial charge in [0.2, 0.25) is 0 Å². The maximum atomic E-state index is 12.2. The molecule has 0 radical (unpaired) electrons. The first kappa shape index (κ1) is 17.8. The summed E-state index contributed by atoms with van der Waals surface area (Å²) in [7, 11) is 0. The number of benzene rings is 2. The number of H-pyrrole nitrogens is 1. The Kier molecular flexibility index (Phi) is 5.72. The average Bonchev–Trinajstić information content (AvgIpc) is 2.65. The van der Waals surface area contributed by atoms with Crippen LogP contribution in [0.3, 0.4) is 0 Å². The quantitative estimate of drug-likeness (QED) is 0.409. The van der Waals surface area contributed by atoms with Crippen molar-refractivity contribution in [1.29, 1.82) is 5.26 Å². The van der Waals surface area contributed by atoms with E-state index >= 15 is 0 Å². The predicted octanol–water partition coefficient (Wildman–Crippen LogP) is 3.79. The molecule has 1 N–H and O–H groups in total. The fraction of sp³-hybridized carbons (Fsp3) is 0.150. The van der Waals surface area contributed by atoms with Crippen molar-refractivity contribution in [2.24, 2.45) is 0 Å². The summed E-state index contributed by atoms with van der Waals surface area (Å²) < 4.78 is 5.71. The Morgan fingerprint density at radius 2 is 2.00 bits per heavy atom. The summed E-state index contributed by atoms with van der Waals surface area (Å²) in [4.78, 5) is 19.3. The Morgan fingerprint density at radius 1 is 1.19 bits per heavy atom. The minimum Gasteiger partial charge on any atom is -0.493 e. The number of aryl methyl sites for hydroxylation is 1. The molecule has 0 aliphatic rings. The van der Waals surface area contributed by atoms with Crippen molar-refractivity contribution in [2.75, 3.05) is 12.4 Å². The molecule has 0 amide bonds. The first-order chi connectivity index (χ1) is 12.7. The third-order valence-corrected chi connectivity index (χ3v) is 4.47. The van der Waals surface area contributed by atoms with Crippen LogP contribution < -0.4 is 10.3 Å². The third kappa shape index (κ3) is 4.32. The molecular weight excluding hydrogens is 346 g/mol. The normalized spacial score (nSPS) is 10.3. The molecule has 2 aromatic carbocycles. The fourth-order valence-corrected chi connectivity index (χ4v) is 3.11. The van der Waals surface area contributed by atoms with Gasteiger partial charge in [0.1, 0.15) is 17.4 Å². The Bertz CT molecular complexity index is 994. The Hall–Kier alpha value is -3.04. The molecule has 0 aliphatic heterocycles. The number of nitrogens with zero attached hydrogens (tertiary/aromatic N) is 2. The summed E-state index contributed by atoms with van der Waals surface area (Å²) in [5.41, 5.74) is 1.88. The molecule has 0 fully saturated rings. The second-order valence-corrected chi connectivity index (χ2v) is 6.67. The minimum absolute atomic E-state index is 0.0246. The van der Waals surface area contributed by atoms with Crippen LogP contribution in [0.4, 0.5) is 0 Å². The number of aromatic amines is 1. The molecule has 6 heteroatoms. The number of nitriles is 1. The second-order valence-electron chi connectivity index (χ2n) is 5.59. The first-order valence-electron chi connectivity index (χ1n) is 8.09. The number of aromatic nitrogens is 2. The number of ether oxygens (including phenoxy) is 1. The SMILES string of the molecule is Cc1cccc(OCCSc2nc(-c3ccccc3)c(C#N)c(=O)[nH]2)c1. The van der Waals surface area contributed by atoms with Crippen LogP contribution in [0.15, 0.2) is 64.5 Å². The van der Waals surface area contributed by atoms with Gasteiger partial charge >= 0.3 is 0 Å². The zero-order valence-corrected chi connectivity index (χ0v) is 15.0. The van der Waals surface area contributed by atoms with E-state index in [4.69, 9.17) is 4.74 Å². The molecule has 0 saturated carbocycles. The molecule has 0 bridgehead atoms. The summed E-state index contributed by atoms with van der Waals surface area (Å²) in [5.74, 6) is 1.44. The molecule has 1 heterocycles. The van der Waals surface area contributed by atoms with Crippen molar-refractivity contribution < 1.29 is 4.74 Å². The van der Waals surface area contributed by atoms with E-state index in [1.807, 2.05) is 67.6 Å². The van der Waals surface area contributed by atoms with Crippen molar-refractivity contribution in [3.8, 4) is 23.1 Å². The third-order valence-electron chi connectivity index (χ3n) is 3.64. The lowest BCUT2D eigenvalue weighted by Gasteiger charge is -2.08. The van der Waals surface area contributed by atoms with E-state index in [1.165, 1.54) is 11.8 Å². The smallest absolute Gasteiger partial charge is 0.270 e. The van der Waals surface area contributed by atoms with Gasteiger partial charge in [0.15, 0.2) is 5.16 Å². The highest BCUT2D eigenvalue weighted by Gasteiger charge is 2.13. The van der Waals surface area contributed by atoms with Gasteiger partial charge in [0.05, 0.1) is 12.3 Å². The summed E-state index contributed by atoms with van der Waals surface area (Å²) in [5, 5.41) is 9.75. The van der Waals surface area contributed by atoms with Gasteiger partial charge in [-0.15, -0.1) is 0 Å². The van der Waals surface area contributed by atoms with Crippen molar-refractivity contribution in [3.63, 3.8) is 0 Å². The molecule has 0 aliphatic carbocycles. The minimum atomic E-state index is -0.427. The van der Waals surface area contributed by atoms with E-state index in [-0.39, 0.29) is 5.56 Å². The maximum Gasteiger partial charge on any atom is 0.270 e. The van der Waals surface area contributed by atoms with Crippen LogP contribution in [0.1, 0.15) is 11.1 Å². The summed E-state index contributed by atoms with van der Waals surface area (Å²) in [6.07, 6.45) is 0. The zero-order chi connectivity index (χ0) is 18.4. The second kappa shape index (κ2) is 8.37. The van der Waals surface area contributed by atoms with E-state index in [1.54, 1.807) is 0 Å². The molecule has 1 aromatic heterocycles. The number of rotatable bonds is 6. The van der Waals surface area contributed by atoms with Gasteiger partial charge in [0, 0.05) is 11.3 Å². The van der Waals surface area contributed by atoms with Gasteiger partial charge in [-0.1, -0.05) is 54.2 Å². The molecular formula is C20H17N3O2S. The molecule has 0 atom stereocenters. The Balaban J connectivity index is 1.72. The highest BCUT2D eigenvalue weighted by atomic mass is 32.2. The number of hydrogen-bond donors (Lipinski definition) is 1. The lowest BCUT2D eigenvalue weighted by atomic mass is 10.1. The van der Waals surface area contributed by atoms with Crippen LogP contribution >= 0.6 is 11.8 Å². The number of nitrogens with one attached hydrogen (secondary N) is 1. The predicted molar refractivity (Wildman–Crippen MR) is 102 cm³/mol. The van der Waals surface area contributed by atoms with Gasteiger partial charge < -0.3 is 9.72 Å². The van der Waals surface area contributed by atoms with Crippen molar-refractivity contribution in [2.45, 2.75) is 12.1 Å². The average molecular weight is 363 g/mol. The van der Waals surface area contributed by atoms with E-state index in [2.05, 4.69) is 9.97 Å². The van der Waals surface area contributed by atoms with Crippen LogP contribution in [-0.2, 0) is 0 Å². The summed E-state index contributed by atoms with van der Waals surface area (Å²) in [6.45, 7) is 2.50. The molecule has 130 valence electrons. The van der Waals surface area contributed by atoms with Crippen molar-refractivity contribution >= 4 is 11.8 Å². The maximum absolute atomic E-state index is 12.2. The number of hydrogen-bond acceptors (Lipinski definition) is 5. The van der Waals surface area contributed by atoms with Gasteiger partial charge in [-0.3, -0.25) is 4.79 Å². The number of thioether (sulfide) groups is 1. The standard InChI is InChI=1S/C20H17N3O2S/c1-14-6-5-9-16(12-14)25-10-11-26-20-22-18(15-7-3-2-4-8-15)17(13-21)19(24)23-20/h2-9,12H,10-11H2,1H3,(H,22,23,24). The van der Waals surface area contributed by atoms with Crippen LogP contribution in [-0.4, -0.2) is 22.3 Å². The lowest BCUT2D eigenvalue weighted by molar-refractivity contribution is 0.343. The van der Waals surface area contributed by atoms with Gasteiger partial charge in [-0.2, -0.15) is 5.26 Å². The highest BCUT2D eigenvalue weighted by Crippen LogP contribution is 2.22. The van der Waals surface area contributed by atoms with Crippen molar-refractivity contribution in [3.05, 3.63) is 76.1 Å². The molecule has 0 spiro atoms. The molecule has 0 unspecified atom stereocenters. The highest BCUT2D eigenvalue weighted by molar-refractivity contribution is 7.99. The monoisotopic (exact) mass is 363 g/mol. The van der Waals surface area contributed by atoms with Crippen molar-refractivity contribution in [1.82, 2.24) is 9.97 Å². The fourth-order valence-electron chi connectivity index (χ4n) is 2.43. The zero-order valence-electron chi connectivity index (χ0n) is 14.2. The van der Waals surface area contributed by atoms with Gasteiger partial charge in [-0.25, -0.2) is 4.98 Å². The van der Waals surface area contributed by atoms with E-state index in [0.717, 1.165) is 16.9 Å². The van der Waals surface area contributed by atoms with Gasteiger partial charge in [0.25, 0.3) is 5.56 Å². The van der Waals surface area contributed by atoms with E-state index in [9.17, 15) is 10.1 Å². The van der Waals surface area contributed by atoms with Crippen LogP contribution in [0.25, 0.3) is 11.3 Å². The topological polar surface area (TPSA) is 78.8 Å². The molecule has 3 rings (SSSR count). The van der Waals surface area contributed by atoms with E-state index < -0.39 is 5.56 Å². The summed E-state index contributed by atoms with van der Waals surface area (Å²) in [6, 6.07) is 19.0. The Labute approximate surface area is 155 Å². The molecule has 3 aromatic rings. The lowest BCUT2D eigenvalue weighted by Crippen LogP contribution is -2.15. The van der Waals surface area contributed by atoms with Crippen LogP contribution in [0.2, 0.25) is 0 Å². The summed E-state index contributed by atoms with van der Waals surface area (Å²) >= 11 is 1.38. The molecule has 0 saturated heterocycles. The molecule has 26 heavy (non-hydrogen) atoms. The van der Waals surface area contributed by atoms with Crippen LogP contribution in [0, 0.1) is 18.3 Å². The largest absolute Gasteiger partial charge is 0.493 e. The Morgan fingerprint density at radius 3 is 2.73 bits per heavy atom.